The lowest BCUT2D eigenvalue weighted by atomic mass is 9.88. The summed E-state index contributed by atoms with van der Waals surface area (Å²) in [6, 6.07) is 1.52. The highest BCUT2D eigenvalue weighted by Crippen LogP contribution is 2.38. The zero-order chi connectivity index (χ0) is 11.9. The molecule has 3 N–H and O–H groups in total. The van der Waals surface area contributed by atoms with Crippen LogP contribution in [0.5, 0.6) is 0 Å². The summed E-state index contributed by atoms with van der Waals surface area (Å²) in [7, 11) is 0. The number of aryl methyl sites for hydroxylation is 1. The normalized spacial score (nSPS) is 25.1. The number of hydrogen-bond acceptors (Lipinski definition) is 2. The molecule has 1 saturated heterocycles. The Bertz CT molecular complexity index is 402. The molecule has 0 amide bonds. The third kappa shape index (κ3) is 1.82. The largest absolute Gasteiger partial charge is 0.320 e. The van der Waals surface area contributed by atoms with E-state index in [1.807, 2.05) is 0 Å². The van der Waals surface area contributed by atoms with Gasteiger partial charge < -0.3 is 11.1 Å². The van der Waals surface area contributed by atoms with Crippen LogP contribution < -0.4 is 11.1 Å². The third-order valence-corrected chi connectivity index (χ3v) is 3.81. The van der Waals surface area contributed by atoms with Crippen LogP contribution in [-0.4, -0.2) is 13.1 Å². The van der Waals surface area contributed by atoms with E-state index in [0.29, 0.717) is 29.1 Å². The van der Waals surface area contributed by atoms with Gasteiger partial charge in [0, 0.05) is 12.1 Å². The summed E-state index contributed by atoms with van der Waals surface area (Å²) in [5, 5.41) is 3.70. The molecule has 1 aliphatic rings. The van der Waals surface area contributed by atoms with Gasteiger partial charge in [0.25, 0.3) is 0 Å². The smallest absolute Gasteiger partial charge is 0.132 e. The van der Waals surface area contributed by atoms with Crippen LogP contribution in [-0.2, 0) is 5.54 Å². The second-order valence-electron chi connectivity index (χ2n) is 4.26. The highest BCUT2D eigenvalue weighted by molar-refractivity contribution is 6.42. The molecule has 1 fully saturated rings. The van der Waals surface area contributed by atoms with Crippen LogP contribution in [0.4, 0.5) is 4.39 Å². The van der Waals surface area contributed by atoms with Gasteiger partial charge in [-0.1, -0.05) is 23.2 Å². The minimum atomic E-state index is -0.753. The molecule has 2 rings (SSSR count). The Labute approximate surface area is 104 Å². The molecule has 0 bridgehead atoms. The molecule has 0 radical (unpaired) electrons. The summed E-state index contributed by atoms with van der Waals surface area (Å²) in [6.07, 6.45) is 0.656. The van der Waals surface area contributed by atoms with Gasteiger partial charge in [0.15, 0.2) is 0 Å². The number of hydrogen-bond donors (Lipinski definition) is 2. The maximum atomic E-state index is 14.1. The van der Waals surface area contributed by atoms with E-state index in [1.54, 1.807) is 6.92 Å². The Hall–Kier alpha value is -0.350. The van der Waals surface area contributed by atoms with E-state index in [4.69, 9.17) is 28.9 Å². The van der Waals surface area contributed by atoms with Crippen molar-refractivity contribution in [2.75, 3.05) is 13.1 Å². The predicted molar refractivity (Wildman–Crippen MR) is 64.5 cm³/mol. The summed E-state index contributed by atoms with van der Waals surface area (Å²) in [6.45, 7) is 2.94. The van der Waals surface area contributed by atoms with Crippen molar-refractivity contribution in [3.63, 3.8) is 0 Å². The first-order valence-corrected chi connectivity index (χ1v) is 5.85. The predicted octanol–water partition coefficient (Wildman–Crippen LogP) is 2.59. The SMILES string of the molecule is Cc1cc(Cl)c(Cl)c([C@]2(N)CCNC2)c1F. The Morgan fingerprint density at radius 2 is 2.19 bits per heavy atom. The van der Waals surface area contributed by atoms with Crippen molar-refractivity contribution in [3.05, 3.63) is 33.1 Å². The molecule has 88 valence electrons. The van der Waals surface area contributed by atoms with Gasteiger partial charge in [0.2, 0.25) is 0 Å². The topological polar surface area (TPSA) is 38.0 Å². The van der Waals surface area contributed by atoms with Crippen molar-refractivity contribution >= 4 is 23.2 Å². The average molecular weight is 263 g/mol. The van der Waals surface area contributed by atoms with E-state index >= 15 is 0 Å². The summed E-state index contributed by atoms with van der Waals surface area (Å²) >= 11 is 12.0. The van der Waals surface area contributed by atoms with E-state index in [1.165, 1.54) is 6.07 Å². The Morgan fingerprint density at radius 1 is 1.50 bits per heavy atom. The van der Waals surface area contributed by atoms with E-state index in [9.17, 15) is 4.39 Å². The number of nitrogens with two attached hydrogens (primary N) is 1. The molecule has 0 aliphatic carbocycles. The molecule has 1 heterocycles. The third-order valence-electron chi connectivity index (χ3n) is 3.02. The number of rotatable bonds is 1. The molecule has 1 aromatic rings. The maximum Gasteiger partial charge on any atom is 0.132 e. The van der Waals surface area contributed by atoms with Crippen LogP contribution in [0.3, 0.4) is 0 Å². The van der Waals surface area contributed by atoms with Gasteiger partial charge >= 0.3 is 0 Å². The molecule has 2 nitrogen and oxygen atoms in total. The first-order valence-electron chi connectivity index (χ1n) is 5.10. The van der Waals surface area contributed by atoms with Gasteiger partial charge in [-0.2, -0.15) is 0 Å². The second kappa shape index (κ2) is 4.15. The van der Waals surface area contributed by atoms with Gasteiger partial charge in [-0.3, -0.25) is 0 Å². The van der Waals surface area contributed by atoms with Crippen molar-refractivity contribution in [2.45, 2.75) is 18.9 Å². The maximum absolute atomic E-state index is 14.1. The monoisotopic (exact) mass is 262 g/mol. The summed E-state index contributed by atoms with van der Waals surface area (Å²) < 4.78 is 14.1. The van der Waals surface area contributed by atoms with Crippen molar-refractivity contribution in [3.8, 4) is 0 Å². The Balaban J connectivity index is 2.63. The molecule has 1 atom stereocenters. The fourth-order valence-electron chi connectivity index (χ4n) is 2.09. The van der Waals surface area contributed by atoms with Crippen LogP contribution in [0.15, 0.2) is 6.07 Å². The number of benzene rings is 1. The van der Waals surface area contributed by atoms with E-state index in [-0.39, 0.29) is 10.8 Å². The molecule has 0 saturated carbocycles. The highest BCUT2D eigenvalue weighted by atomic mass is 35.5. The molecule has 16 heavy (non-hydrogen) atoms. The van der Waals surface area contributed by atoms with Gasteiger partial charge in [-0.15, -0.1) is 0 Å². The Morgan fingerprint density at radius 3 is 2.75 bits per heavy atom. The lowest BCUT2D eigenvalue weighted by Crippen LogP contribution is -2.40. The molecule has 1 aliphatic heterocycles. The van der Waals surface area contributed by atoms with Crippen LogP contribution in [0.1, 0.15) is 17.5 Å². The molecule has 0 spiro atoms. The Kier molecular flexibility index (Phi) is 3.14. The lowest BCUT2D eigenvalue weighted by Gasteiger charge is -2.26. The first kappa shape index (κ1) is 12.1. The minimum Gasteiger partial charge on any atom is -0.320 e. The molecule has 1 aromatic carbocycles. The zero-order valence-electron chi connectivity index (χ0n) is 8.91. The van der Waals surface area contributed by atoms with Crippen molar-refractivity contribution in [1.82, 2.24) is 5.32 Å². The van der Waals surface area contributed by atoms with Gasteiger partial charge in [-0.25, -0.2) is 4.39 Å². The zero-order valence-corrected chi connectivity index (χ0v) is 10.4. The van der Waals surface area contributed by atoms with Gasteiger partial charge in [0.1, 0.15) is 5.82 Å². The summed E-state index contributed by atoms with van der Waals surface area (Å²) in [5.41, 5.74) is 6.23. The molecule has 0 unspecified atom stereocenters. The fourth-order valence-corrected chi connectivity index (χ4v) is 2.68. The standard InChI is InChI=1S/C11H13Cl2FN2/c1-6-4-7(12)9(13)8(10(6)14)11(15)2-3-16-5-11/h4,16H,2-3,5,15H2,1H3/t11-/m0/s1. The highest BCUT2D eigenvalue weighted by Gasteiger charge is 2.36. The van der Waals surface area contributed by atoms with Crippen LogP contribution in [0.2, 0.25) is 10.0 Å². The minimum absolute atomic E-state index is 0.232. The van der Waals surface area contributed by atoms with Gasteiger partial charge in [0.05, 0.1) is 15.6 Å². The van der Waals surface area contributed by atoms with Crippen LogP contribution in [0.25, 0.3) is 0 Å². The average Bonchev–Trinajstić information content (AvgIpc) is 2.63. The molecular weight excluding hydrogens is 250 g/mol. The summed E-state index contributed by atoms with van der Waals surface area (Å²) in [5.74, 6) is -0.347. The van der Waals surface area contributed by atoms with E-state index in [2.05, 4.69) is 5.32 Å². The fraction of sp³-hybridized carbons (Fsp3) is 0.455. The first-order chi connectivity index (χ1) is 7.46. The lowest BCUT2D eigenvalue weighted by molar-refractivity contribution is 0.457. The van der Waals surface area contributed by atoms with Crippen molar-refractivity contribution in [2.24, 2.45) is 5.73 Å². The van der Waals surface area contributed by atoms with E-state index in [0.717, 1.165) is 6.54 Å². The summed E-state index contributed by atoms with van der Waals surface area (Å²) in [4.78, 5) is 0. The van der Waals surface area contributed by atoms with Crippen molar-refractivity contribution in [1.29, 1.82) is 0 Å². The van der Waals surface area contributed by atoms with Crippen molar-refractivity contribution < 1.29 is 4.39 Å². The number of halogens is 3. The second-order valence-corrected chi connectivity index (χ2v) is 5.05. The van der Waals surface area contributed by atoms with Crippen LogP contribution >= 0.6 is 23.2 Å². The molecule has 0 aromatic heterocycles. The molecule has 5 heteroatoms. The van der Waals surface area contributed by atoms with Crippen LogP contribution in [0, 0.1) is 12.7 Å². The van der Waals surface area contributed by atoms with Gasteiger partial charge in [-0.05, 0) is 31.5 Å². The number of nitrogens with one attached hydrogen (secondary N) is 1. The quantitative estimate of drug-likeness (QED) is 0.764. The van der Waals surface area contributed by atoms with E-state index < -0.39 is 5.54 Å². The molecular formula is C11H13Cl2FN2.